The average molecular weight is 290 g/mol. The van der Waals surface area contributed by atoms with Crippen molar-refractivity contribution >= 4 is 23.2 Å². The van der Waals surface area contributed by atoms with Gasteiger partial charge in [0, 0.05) is 18.9 Å². The summed E-state index contributed by atoms with van der Waals surface area (Å²) < 4.78 is 1.87. The molecule has 104 valence electrons. The Morgan fingerprint density at radius 1 is 1.30 bits per heavy atom. The van der Waals surface area contributed by atoms with E-state index in [0.29, 0.717) is 17.8 Å². The highest BCUT2D eigenvalue weighted by atomic mass is 32.1. The molecule has 1 fully saturated rings. The summed E-state index contributed by atoms with van der Waals surface area (Å²) in [6.45, 7) is 0.513. The Labute approximate surface area is 120 Å². The Bertz CT molecular complexity index is 633. The molecular weight excluding hydrogens is 276 g/mol. The highest BCUT2D eigenvalue weighted by Crippen LogP contribution is 2.27. The van der Waals surface area contributed by atoms with Gasteiger partial charge >= 0.3 is 5.97 Å². The molecule has 0 spiro atoms. The van der Waals surface area contributed by atoms with Crippen molar-refractivity contribution in [1.29, 1.82) is 0 Å². The fourth-order valence-electron chi connectivity index (χ4n) is 2.56. The van der Waals surface area contributed by atoms with Crippen molar-refractivity contribution in [2.45, 2.75) is 18.9 Å². The van der Waals surface area contributed by atoms with E-state index in [1.807, 2.05) is 40.5 Å². The van der Waals surface area contributed by atoms with E-state index in [1.54, 1.807) is 0 Å². The molecule has 0 aromatic carbocycles. The number of carbonyl (C=O) groups excluding carboxylic acids is 1. The zero-order chi connectivity index (χ0) is 14.1. The third-order valence-corrected chi connectivity index (χ3v) is 4.41. The number of carboxylic acids is 1. The molecule has 1 amide bonds. The summed E-state index contributed by atoms with van der Waals surface area (Å²) >= 11 is 1.35. The quantitative estimate of drug-likeness (QED) is 0.943. The number of carbonyl (C=O) groups is 2. The molecule has 2 aromatic rings. The van der Waals surface area contributed by atoms with Gasteiger partial charge in [0.05, 0.1) is 5.69 Å². The van der Waals surface area contributed by atoms with Crippen LogP contribution < -0.4 is 0 Å². The van der Waals surface area contributed by atoms with Crippen molar-refractivity contribution in [3.05, 3.63) is 40.8 Å². The van der Waals surface area contributed by atoms with Crippen molar-refractivity contribution in [2.75, 3.05) is 6.54 Å². The number of aromatic nitrogens is 1. The zero-order valence-corrected chi connectivity index (χ0v) is 11.5. The van der Waals surface area contributed by atoms with Gasteiger partial charge < -0.3 is 14.6 Å². The van der Waals surface area contributed by atoms with Gasteiger partial charge in [0.15, 0.2) is 0 Å². The van der Waals surface area contributed by atoms with E-state index in [2.05, 4.69) is 0 Å². The normalized spacial score (nSPS) is 18.4. The van der Waals surface area contributed by atoms with Gasteiger partial charge in [-0.15, -0.1) is 11.3 Å². The Morgan fingerprint density at radius 2 is 2.05 bits per heavy atom. The molecule has 2 aromatic heterocycles. The number of hydrogen-bond donors (Lipinski definition) is 1. The maximum Gasteiger partial charge on any atom is 0.326 e. The smallest absolute Gasteiger partial charge is 0.326 e. The SMILES string of the molecule is O=C(O)C1CCCN1C(=O)c1sccc1-n1cccc1. The third kappa shape index (κ3) is 2.12. The Hall–Kier alpha value is -2.08. The summed E-state index contributed by atoms with van der Waals surface area (Å²) in [5, 5.41) is 11.0. The number of aliphatic carboxylic acids is 1. The topological polar surface area (TPSA) is 62.5 Å². The van der Waals surface area contributed by atoms with Crippen LogP contribution in [0.1, 0.15) is 22.5 Å². The van der Waals surface area contributed by atoms with Crippen molar-refractivity contribution in [3.8, 4) is 5.69 Å². The minimum absolute atomic E-state index is 0.186. The fraction of sp³-hybridized carbons (Fsp3) is 0.286. The lowest BCUT2D eigenvalue weighted by atomic mass is 10.2. The second kappa shape index (κ2) is 5.13. The van der Waals surface area contributed by atoms with Gasteiger partial charge in [-0.25, -0.2) is 4.79 Å². The molecule has 0 bridgehead atoms. The maximum absolute atomic E-state index is 12.6. The molecule has 1 unspecified atom stereocenters. The predicted molar refractivity (Wildman–Crippen MR) is 75.3 cm³/mol. The number of nitrogens with zero attached hydrogens (tertiary/aromatic N) is 2. The fourth-order valence-corrected chi connectivity index (χ4v) is 3.40. The summed E-state index contributed by atoms with van der Waals surface area (Å²) in [5.41, 5.74) is 0.807. The Morgan fingerprint density at radius 3 is 2.75 bits per heavy atom. The van der Waals surface area contributed by atoms with Crippen LogP contribution in [0.3, 0.4) is 0 Å². The van der Waals surface area contributed by atoms with E-state index >= 15 is 0 Å². The van der Waals surface area contributed by atoms with E-state index in [4.69, 9.17) is 0 Å². The molecule has 0 saturated carbocycles. The minimum Gasteiger partial charge on any atom is -0.480 e. The Kier molecular flexibility index (Phi) is 3.31. The molecular formula is C14H14N2O3S. The molecule has 6 heteroatoms. The van der Waals surface area contributed by atoms with Crippen molar-refractivity contribution in [1.82, 2.24) is 9.47 Å². The van der Waals surface area contributed by atoms with Gasteiger partial charge in [0.2, 0.25) is 0 Å². The van der Waals surface area contributed by atoms with Gasteiger partial charge in [-0.1, -0.05) is 0 Å². The van der Waals surface area contributed by atoms with Crippen molar-refractivity contribution in [3.63, 3.8) is 0 Å². The third-order valence-electron chi connectivity index (χ3n) is 3.52. The number of thiophene rings is 1. The standard InChI is InChI=1S/C14H14N2O3S/c17-13(16-8-3-4-11(16)14(18)19)12-10(5-9-20-12)15-6-1-2-7-15/h1-2,5-7,9,11H,3-4,8H2,(H,18,19). The first kappa shape index (κ1) is 12.9. The van der Waals surface area contributed by atoms with Gasteiger partial charge in [-0.2, -0.15) is 0 Å². The van der Waals surface area contributed by atoms with E-state index < -0.39 is 12.0 Å². The second-order valence-corrected chi connectivity index (χ2v) is 5.64. The molecule has 1 atom stereocenters. The number of likely N-dealkylation sites (tertiary alicyclic amines) is 1. The second-order valence-electron chi connectivity index (χ2n) is 4.72. The van der Waals surface area contributed by atoms with Gasteiger partial charge in [-0.05, 0) is 36.4 Å². The first-order valence-corrected chi connectivity index (χ1v) is 7.31. The van der Waals surface area contributed by atoms with Gasteiger partial charge in [0.25, 0.3) is 5.91 Å². The lowest BCUT2D eigenvalue weighted by Crippen LogP contribution is -2.40. The monoisotopic (exact) mass is 290 g/mol. The van der Waals surface area contributed by atoms with Crippen LogP contribution in [0, 0.1) is 0 Å². The summed E-state index contributed by atoms with van der Waals surface area (Å²) in [4.78, 5) is 25.9. The summed E-state index contributed by atoms with van der Waals surface area (Å²) in [6.07, 6.45) is 5.02. The molecule has 3 rings (SSSR count). The van der Waals surface area contributed by atoms with E-state index in [1.165, 1.54) is 16.2 Å². The van der Waals surface area contributed by atoms with Crippen LogP contribution in [0.4, 0.5) is 0 Å². The number of amides is 1. The largest absolute Gasteiger partial charge is 0.480 e. The molecule has 0 radical (unpaired) electrons. The van der Waals surface area contributed by atoms with E-state index in [9.17, 15) is 14.7 Å². The van der Waals surface area contributed by atoms with Crippen LogP contribution in [-0.4, -0.2) is 39.0 Å². The number of hydrogen-bond acceptors (Lipinski definition) is 3. The lowest BCUT2D eigenvalue weighted by molar-refractivity contribution is -0.141. The van der Waals surface area contributed by atoms with Crippen LogP contribution in [0.5, 0.6) is 0 Å². The van der Waals surface area contributed by atoms with Crippen LogP contribution >= 0.6 is 11.3 Å². The summed E-state index contributed by atoms with van der Waals surface area (Å²) in [6, 6.07) is 4.97. The molecule has 1 N–H and O–H groups in total. The molecule has 1 aliphatic heterocycles. The number of rotatable bonds is 3. The van der Waals surface area contributed by atoms with Crippen LogP contribution in [0.25, 0.3) is 5.69 Å². The van der Waals surface area contributed by atoms with Crippen LogP contribution in [0.2, 0.25) is 0 Å². The molecule has 5 nitrogen and oxygen atoms in total. The molecule has 1 aliphatic rings. The first-order chi connectivity index (χ1) is 9.68. The maximum atomic E-state index is 12.6. The molecule has 1 saturated heterocycles. The highest BCUT2D eigenvalue weighted by Gasteiger charge is 2.35. The van der Waals surface area contributed by atoms with Crippen LogP contribution in [-0.2, 0) is 4.79 Å². The van der Waals surface area contributed by atoms with Gasteiger partial charge in [-0.3, -0.25) is 4.79 Å². The van der Waals surface area contributed by atoms with Crippen molar-refractivity contribution < 1.29 is 14.7 Å². The molecule has 0 aliphatic carbocycles. The highest BCUT2D eigenvalue weighted by molar-refractivity contribution is 7.12. The van der Waals surface area contributed by atoms with Crippen LogP contribution in [0.15, 0.2) is 36.0 Å². The number of carboxylic acid groups (broad SMARTS) is 1. The average Bonchev–Trinajstić information content (AvgIpc) is 3.17. The van der Waals surface area contributed by atoms with E-state index in [0.717, 1.165) is 12.1 Å². The first-order valence-electron chi connectivity index (χ1n) is 6.43. The zero-order valence-electron chi connectivity index (χ0n) is 10.7. The summed E-state index contributed by atoms with van der Waals surface area (Å²) in [5.74, 6) is -1.11. The Balaban J connectivity index is 1.92. The predicted octanol–water partition coefficient (Wildman–Crippen LogP) is 2.23. The van der Waals surface area contributed by atoms with Crippen molar-refractivity contribution in [2.24, 2.45) is 0 Å². The van der Waals surface area contributed by atoms with E-state index in [-0.39, 0.29) is 5.91 Å². The molecule has 3 heterocycles. The molecule has 20 heavy (non-hydrogen) atoms. The summed E-state index contributed by atoms with van der Waals surface area (Å²) in [7, 11) is 0. The minimum atomic E-state index is -0.921. The lowest BCUT2D eigenvalue weighted by Gasteiger charge is -2.21. The van der Waals surface area contributed by atoms with Gasteiger partial charge in [0.1, 0.15) is 10.9 Å².